The van der Waals surface area contributed by atoms with Gasteiger partial charge < -0.3 is 5.32 Å². The van der Waals surface area contributed by atoms with E-state index < -0.39 is 10.0 Å². The molecule has 2 N–H and O–H groups in total. The molecule has 5 nitrogen and oxygen atoms in total. The molecule has 0 saturated heterocycles. The van der Waals surface area contributed by atoms with E-state index in [2.05, 4.69) is 10.0 Å². The van der Waals surface area contributed by atoms with Crippen molar-refractivity contribution in [1.82, 2.24) is 10.0 Å². The summed E-state index contributed by atoms with van der Waals surface area (Å²) in [6.07, 6.45) is 0. The molecule has 106 valence electrons. The molecular weight excluding hydrogens is 264 g/mol. The molecule has 0 bridgehead atoms. The third-order valence-corrected chi connectivity index (χ3v) is 3.86. The third-order valence-electron chi connectivity index (χ3n) is 2.53. The number of benzene rings is 1. The number of hydrogen-bond donors (Lipinski definition) is 2. The largest absolute Gasteiger partial charge is 0.355 e. The zero-order valence-corrected chi connectivity index (χ0v) is 12.0. The van der Waals surface area contributed by atoms with Crippen molar-refractivity contribution in [2.45, 2.75) is 20.4 Å². The molecule has 0 heterocycles. The van der Waals surface area contributed by atoms with Gasteiger partial charge in [0.15, 0.2) is 0 Å². The van der Waals surface area contributed by atoms with Gasteiger partial charge in [0.1, 0.15) is 0 Å². The molecule has 1 aromatic carbocycles. The van der Waals surface area contributed by atoms with E-state index >= 15 is 0 Å². The molecule has 1 rings (SSSR count). The standard InChI is InChI=1S/C13H20N2O3S/c1-11(2)13(16)14-8-9-19(17,18)15-10-12-6-4-3-5-7-12/h3-7,11,15H,8-10H2,1-2H3,(H,14,16). The van der Waals surface area contributed by atoms with Gasteiger partial charge >= 0.3 is 0 Å². The van der Waals surface area contributed by atoms with Gasteiger partial charge in [-0.1, -0.05) is 44.2 Å². The minimum absolute atomic E-state index is 0.113. The number of carbonyl (C=O) groups excluding carboxylic acids is 1. The maximum absolute atomic E-state index is 11.7. The molecule has 0 unspecified atom stereocenters. The van der Waals surface area contributed by atoms with Crippen LogP contribution in [0.4, 0.5) is 0 Å². The van der Waals surface area contributed by atoms with Crippen LogP contribution < -0.4 is 10.0 Å². The van der Waals surface area contributed by atoms with Crippen LogP contribution in [0.3, 0.4) is 0 Å². The van der Waals surface area contributed by atoms with Crippen molar-refractivity contribution in [2.24, 2.45) is 5.92 Å². The fourth-order valence-corrected chi connectivity index (χ4v) is 2.28. The maximum Gasteiger partial charge on any atom is 0.222 e. The van der Waals surface area contributed by atoms with Gasteiger partial charge in [0.2, 0.25) is 15.9 Å². The number of rotatable bonds is 7. The van der Waals surface area contributed by atoms with Crippen molar-refractivity contribution < 1.29 is 13.2 Å². The predicted octanol–water partition coefficient (Wildman–Crippen LogP) is 0.878. The molecule has 0 saturated carbocycles. The van der Waals surface area contributed by atoms with Crippen LogP contribution in [0.15, 0.2) is 30.3 Å². The lowest BCUT2D eigenvalue weighted by Crippen LogP contribution is -2.35. The van der Waals surface area contributed by atoms with Crippen molar-refractivity contribution in [2.75, 3.05) is 12.3 Å². The smallest absolute Gasteiger partial charge is 0.222 e. The van der Waals surface area contributed by atoms with E-state index in [1.165, 1.54) is 0 Å². The highest BCUT2D eigenvalue weighted by Crippen LogP contribution is 1.98. The van der Waals surface area contributed by atoms with Gasteiger partial charge in [-0.3, -0.25) is 4.79 Å². The summed E-state index contributed by atoms with van der Waals surface area (Å²) in [4.78, 5) is 11.3. The number of nitrogens with one attached hydrogen (secondary N) is 2. The Bertz CT molecular complexity index is 498. The Hall–Kier alpha value is -1.40. The van der Waals surface area contributed by atoms with Crippen molar-refractivity contribution >= 4 is 15.9 Å². The van der Waals surface area contributed by atoms with Crippen LogP contribution in [-0.4, -0.2) is 26.6 Å². The Morgan fingerprint density at radius 1 is 1.21 bits per heavy atom. The summed E-state index contributed by atoms with van der Waals surface area (Å²) < 4.78 is 25.9. The molecule has 0 fully saturated rings. The summed E-state index contributed by atoms with van der Waals surface area (Å²) in [6, 6.07) is 9.28. The quantitative estimate of drug-likeness (QED) is 0.780. The molecule has 0 aliphatic heterocycles. The highest BCUT2D eigenvalue weighted by molar-refractivity contribution is 7.89. The van der Waals surface area contributed by atoms with Gasteiger partial charge in [0.25, 0.3) is 0 Å². The topological polar surface area (TPSA) is 75.3 Å². The van der Waals surface area contributed by atoms with E-state index in [1.54, 1.807) is 13.8 Å². The second-order valence-electron chi connectivity index (χ2n) is 4.57. The molecule has 1 amide bonds. The lowest BCUT2D eigenvalue weighted by molar-refractivity contribution is -0.123. The van der Waals surface area contributed by atoms with Crippen molar-refractivity contribution in [3.05, 3.63) is 35.9 Å². The summed E-state index contributed by atoms with van der Waals surface area (Å²) in [5, 5.41) is 2.58. The van der Waals surface area contributed by atoms with Crippen molar-refractivity contribution in [1.29, 1.82) is 0 Å². The SMILES string of the molecule is CC(C)C(=O)NCCS(=O)(=O)NCc1ccccc1. The minimum atomic E-state index is -3.37. The second-order valence-corrected chi connectivity index (χ2v) is 6.50. The molecule has 0 aromatic heterocycles. The molecule has 0 radical (unpaired) electrons. The summed E-state index contributed by atoms with van der Waals surface area (Å²) >= 11 is 0. The number of sulfonamides is 1. The molecular formula is C13H20N2O3S. The highest BCUT2D eigenvalue weighted by Gasteiger charge is 2.11. The van der Waals surface area contributed by atoms with Crippen LogP contribution in [0.1, 0.15) is 19.4 Å². The zero-order chi connectivity index (χ0) is 14.3. The van der Waals surface area contributed by atoms with E-state index in [0.717, 1.165) is 5.56 Å². The first kappa shape index (κ1) is 15.7. The Morgan fingerprint density at radius 2 is 1.84 bits per heavy atom. The Morgan fingerprint density at radius 3 is 2.42 bits per heavy atom. The van der Waals surface area contributed by atoms with Crippen molar-refractivity contribution in [3.8, 4) is 0 Å². The first-order valence-corrected chi connectivity index (χ1v) is 7.85. The minimum Gasteiger partial charge on any atom is -0.355 e. The van der Waals surface area contributed by atoms with Gasteiger partial charge in [-0.25, -0.2) is 13.1 Å². The average Bonchev–Trinajstić information content (AvgIpc) is 2.37. The van der Waals surface area contributed by atoms with E-state index in [4.69, 9.17) is 0 Å². The van der Waals surface area contributed by atoms with E-state index in [0.29, 0.717) is 0 Å². The molecule has 0 spiro atoms. The normalized spacial score (nSPS) is 11.5. The molecule has 1 aromatic rings. The van der Waals surface area contributed by atoms with E-state index in [1.807, 2.05) is 30.3 Å². The Balaban J connectivity index is 2.34. The molecule has 0 aliphatic rings. The fourth-order valence-electron chi connectivity index (χ4n) is 1.37. The third kappa shape index (κ3) is 6.35. The predicted molar refractivity (Wildman–Crippen MR) is 74.9 cm³/mol. The van der Waals surface area contributed by atoms with Gasteiger partial charge in [0, 0.05) is 19.0 Å². The van der Waals surface area contributed by atoms with Crippen LogP contribution in [0.5, 0.6) is 0 Å². The van der Waals surface area contributed by atoms with E-state index in [9.17, 15) is 13.2 Å². The number of amides is 1. The summed E-state index contributed by atoms with van der Waals surface area (Å²) in [5.41, 5.74) is 0.900. The zero-order valence-electron chi connectivity index (χ0n) is 11.2. The summed E-state index contributed by atoms with van der Waals surface area (Å²) in [5.74, 6) is -0.392. The van der Waals surface area contributed by atoms with Crippen molar-refractivity contribution in [3.63, 3.8) is 0 Å². The van der Waals surface area contributed by atoms with Gasteiger partial charge in [-0.15, -0.1) is 0 Å². The van der Waals surface area contributed by atoms with Crippen LogP contribution in [0, 0.1) is 5.92 Å². The molecule has 6 heteroatoms. The van der Waals surface area contributed by atoms with Crippen LogP contribution in [-0.2, 0) is 21.4 Å². The maximum atomic E-state index is 11.7. The lowest BCUT2D eigenvalue weighted by Gasteiger charge is -2.09. The first-order chi connectivity index (χ1) is 8.91. The highest BCUT2D eigenvalue weighted by atomic mass is 32.2. The molecule has 0 aliphatic carbocycles. The summed E-state index contributed by atoms with van der Waals surface area (Å²) in [6.45, 7) is 3.91. The Kier molecular flexibility index (Phi) is 5.98. The second kappa shape index (κ2) is 7.25. The number of hydrogen-bond acceptors (Lipinski definition) is 3. The lowest BCUT2D eigenvalue weighted by atomic mass is 10.2. The number of carbonyl (C=O) groups is 1. The fraction of sp³-hybridized carbons (Fsp3) is 0.462. The Labute approximate surface area is 114 Å². The monoisotopic (exact) mass is 284 g/mol. The van der Waals surface area contributed by atoms with Gasteiger partial charge in [-0.05, 0) is 5.56 Å². The first-order valence-electron chi connectivity index (χ1n) is 6.19. The van der Waals surface area contributed by atoms with Crippen LogP contribution in [0.25, 0.3) is 0 Å². The van der Waals surface area contributed by atoms with Gasteiger partial charge in [0.05, 0.1) is 5.75 Å². The molecule has 0 atom stereocenters. The molecule has 19 heavy (non-hydrogen) atoms. The van der Waals surface area contributed by atoms with Crippen LogP contribution in [0.2, 0.25) is 0 Å². The average molecular weight is 284 g/mol. The van der Waals surface area contributed by atoms with Gasteiger partial charge in [-0.2, -0.15) is 0 Å². The summed E-state index contributed by atoms with van der Waals surface area (Å²) in [7, 11) is -3.37. The van der Waals surface area contributed by atoms with E-state index in [-0.39, 0.29) is 30.7 Å². The van der Waals surface area contributed by atoms with Crippen LogP contribution >= 0.6 is 0 Å².